The van der Waals surface area contributed by atoms with E-state index >= 15 is 0 Å². The third kappa shape index (κ3) is 2.31. The zero-order chi connectivity index (χ0) is 16.1. The largest absolute Gasteiger partial charge is 0.327 e. The van der Waals surface area contributed by atoms with Crippen molar-refractivity contribution >= 4 is 11.3 Å². The highest BCUT2D eigenvalue weighted by atomic mass is 32.1. The number of rotatable bonds is 3. The van der Waals surface area contributed by atoms with E-state index in [1.54, 1.807) is 0 Å². The average molecular weight is 336 g/mol. The molecule has 122 valence electrons. The Kier molecular flexibility index (Phi) is 3.31. The van der Waals surface area contributed by atoms with Gasteiger partial charge in [0.2, 0.25) is 0 Å². The molecule has 2 unspecified atom stereocenters. The summed E-state index contributed by atoms with van der Waals surface area (Å²) in [5.74, 6) is 2.55. The minimum Gasteiger partial charge on any atom is -0.327 e. The Morgan fingerprint density at radius 1 is 1.17 bits per heavy atom. The van der Waals surface area contributed by atoms with Crippen molar-refractivity contribution in [2.45, 2.75) is 25.9 Å². The highest BCUT2D eigenvalue weighted by Gasteiger charge is 2.42. The first-order valence-corrected chi connectivity index (χ1v) is 9.33. The van der Waals surface area contributed by atoms with E-state index in [-0.39, 0.29) is 0 Å². The molecule has 2 aliphatic rings. The summed E-state index contributed by atoms with van der Waals surface area (Å²) in [7, 11) is 0. The molecule has 2 aliphatic heterocycles. The van der Waals surface area contributed by atoms with Gasteiger partial charge in [0.1, 0.15) is 5.82 Å². The molecule has 0 spiro atoms. The molecule has 2 atom stereocenters. The van der Waals surface area contributed by atoms with Crippen molar-refractivity contribution in [2.75, 3.05) is 13.1 Å². The van der Waals surface area contributed by atoms with Gasteiger partial charge in [0.05, 0.1) is 11.9 Å². The van der Waals surface area contributed by atoms with E-state index in [1.165, 1.54) is 33.4 Å². The van der Waals surface area contributed by atoms with E-state index in [9.17, 15) is 0 Å². The van der Waals surface area contributed by atoms with E-state index < -0.39 is 0 Å². The lowest BCUT2D eigenvalue weighted by Gasteiger charge is -2.16. The van der Waals surface area contributed by atoms with Crippen LogP contribution in [0.25, 0.3) is 11.3 Å². The van der Waals surface area contributed by atoms with Gasteiger partial charge >= 0.3 is 0 Å². The molecule has 5 heterocycles. The molecular formula is C19H20N4S. The number of likely N-dealkylation sites (tertiary alicyclic amines) is 1. The van der Waals surface area contributed by atoms with Gasteiger partial charge in [0.15, 0.2) is 0 Å². The molecule has 1 fully saturated rings. The fourth-order valence-corrected chi connectivity index (χ4v) is 5.15. The Morgan fingerprint density at radius 3 is 2.92 bits per heavy atom. The summed E-state index contributed by atoms with van der Waals surface area (Å²) in [6.07, 6.45) is 5.78. The smallest absolute Gasteiger partial charge is 0.113 e. The lowest BCUT2D eigenvalue weighted by atomic mass is 9.99. The summed E-state index contributed by atoms with van der Waals surface area (Å²) >= 11 is 1.92. The maximum atomic E-state index is 4.77. The highest BCUT2D eigenvalue weighted by Crippen LogP contribution is 2.41. The van der Waals surface area contributed by atoms with Gasteiger partial charge in [-0.25, -0.2) is 4.98 Å². The Morgan fingerprint density at radius 2 is 2.12 bits per heavy atom. The van der Waals surface area contributed by atoms with E-state index in [2.05, 4.69) is 39.6 Å². The number of aromatic nitrogens is 3. The van der Waals surface area contributed by atoms with Crippen molar-refractivity contribution in [3.63, 3.8) is 0 Å². The zero-order valence-electron chi connectivity index (χ0n) is 13.7. The van der Waals surface area contributed by atoms with Gasteiger partial charge in [0.25, 0.3) is 0 Å². The van der Waals surface area contributed by atoms with Crippen LogP contribution >= 0.6 is 11.3 Å². The fraction of sp³-hybridized carbons (Fsp3) is 0.368. The van der Waals surface area contributed by atoms with E-state index in [0.29, 0.717) is 11.8 Å². The van der Waals surface area contributed by atoms with E-state index in [4.69, 9.17) is 4.98 Å². The minimum atomic E-state index is 0.580. The molecule has 24 heavy (non-hydrogen) atoms. The molecule has 3 aromatic heterocycles. The topological polar surface area (TPSA) is 34.0 Å². The van der Waals surface area contributed by atoms with Gasteiger partial charge < -0.3 is 4.57 Å². The van der Waals surface area contributed by atoms with Gasteiger partial charge in [0, 0.05) is 65.7 Å². The van der Waals surface area contributed by atoms with Crippen LogP contribution < -0.4 is 0 Å². The quantitative estimate of drug-likeness (QED) is 0.733. The van der Waals surface area contributed by atoms with Crippen LogP contribution in [-0.4, -0.2) is 32.5 Å². The van der Waals surface area contributed by atoms with Crippen molar-refractivity contribution in [1.82, 2.24) is 19.4 Å². The summed E-state index contributed by atoms with van der Waals surface area (Å²) in [5, 5.41) is 0. The van der Waals surface area contributed by atoms with Crippen LogP contribution in [0.4, 0.5) is 0 Å². The monoisotopic (exact) mass is 336 g/mol. The first-order valence-electron chi connectivity index (χ1n) is 8.51. The molecular weight excluding hydrogens is 316 g/mol. The molecule has 0 N–H and O–H groups in total. The normalized spacial score (nSPS) is 22.7. The Balaban J connectivity index is 1.37. The second-order valence-corrected chi connectivity index (χ2v) is 8.30. The maximum Gasteiger partial charge on any atom is 0.113 e. The molecule has 4 nitrogen and oxygen atoms in total. The van der Waals surface area contributed by atoms with E-state index in [1.807, 2.05) is 36.0 Å². The molecule has 0 saturated carbocycles. The Hall–Kier alpha value is -1.98. The van der Waals surface area contributed by atoms with Crippen LogP contribution in [-0.2, 0) is 13.1 Å². The molecule has 0 aromatic carbocycles. The summed E-state index contributed by atoms with van der Waals surface area (Å²) in [6, 6.07) is 8.62. The Bertz CT molecular complexity index is 867. The molecule has 5 rings (SSSR count). The number of thiophene rings is 1. The second-order valence-electron chi connectivity index (χ2n) is 6.93. The number of hydrogen-bond acceptors (Lipinski definition) is 4. The summed E-state index contributed by atoms with van der Waals surface area (Å²) in [4.78, 5) is 14.5. The van der Waals surface area contributed by atoms with Crippen LogP contribution in [0, 0.1) is 12.8 Å². The van der Waals surface area contributed by atoms with Gasteiger partial charge in [-0.3, -0.25) is 9.88 Å². The van der Waals surface area contributed by atoms with Gasteiger partial charge in [-0.05, 0) is 31.2 Å². The highest BCUT2D eigenvalue weighted by molar-refractivity contribution is 7.11. The molecule has 0 bridgehead atoms. The first kappa shape index (κ1) is 14.4. The zero-order valence-corrected chi connectivity index (χ0v) is 14.5. The number of hydrogen-bond donors (Lipinski definition) is 0. The molecule has 0 amide bonds. The number of nitrogens with zero attached hydrogens (tertiary/aromatic N) is 4. The fourth-order valence-electron chi connectivity index (χ4n) is 4.21. The third-order valence-electron chi connectivity index (χ3n) is 5.28. The van der Waals surface area contributed by atoms with Crippen molar-refractivity contribution in [3.05, 3.63) is 58.4 Å². The molecule has 0 aliphatic carbocycles. The summed E-state index contributed by atoms with van der Waals surface area (Å²) in [6.45, 7) is 6.66. The van der Waals surface area contributed by atoms with Crippen LogP contribution in [0.15, 0.2) is 42.9 Å². The lowest BCUT2D eigenvalue weighted by Crippen LogP contribution is -2.21. The predicted octanol–water partition coefficient (Wildman–Crippen LogP) is 3.54. The number of aryl methyl sites for hydroxylation is 1. The lowest BCUT2D eigenvalue weighted by molar-refractivity contribution is 0.309. The molecule has 1 saturated heterocycles. The number of imidazole rings is 1. The predicted molar refractivity (Wildman–Crippen MR) is 96.0 cm³/mol. The molecule has 3 aromatic rings. The van der Waals surface area contributed by atoms with Gasteiger partial charge in [-0.2, -0.15) is 0 Å². The average Bonchev–Trinajstić information content (AvgIpc) is 3.31. The first-order chi connectivity index (χ1) is 11.8. The number of pyridine rings is 1. The minimum absolute atomic E-state index is 0.580. The van der Waals surface area contributed by atoms with Crippen LogP contribution in [0.2, 0.25) is 0 Å². The summed E-state index contributed by atoms with van der Waals surface area (Å²) in [5.41, 5.74) is 2.38. The van der Waals surface area contributed by atoms with Crippen molar-refractivity contribution < 1.29 is 0 Å². The van der Waals surface area contributed by atoms with Crippen LogP contribution in [0.1, 0.15) is 21.5 Å². The number of fused-ring (bicyclic) bond motifs is 3. The van der Waals surface area contributed by atoms with Crippen molar-refractivity contribution in [2.24, 2.45) is 5.92 Å². The second kappa shape index (κ2) is 5.53. The van der Waals surface area contributed by atoms with Gasteiger partial charge in [-0.1, -0.05) is 0 Å². The van der Waals surface area contributed by atoms with Crippen molar-refractivity contribution in [1.29, 1.82) is 0 Å². The van der Waals surface area contributed by atoms with Crippen molar-refractivity contribution in [3.8, 4) is 11.3 Å². The van der Waals surface area contributed by atoms with E-state index in [0.717, 1.165) is 19.6 Å². The van der Waals surface area contributed by atoms with Crippen LogP contribution in [0.5, 0.6) is 0 Å². The Labute approximate surface area is 145 Å². The van der Waals surface area contributed by atoms with Gasteiger partial charge in [-0.15, -0.1) is 11.3 Å². The maximum absolute atomic E-state index is 4.77. The van der Waals surface area contributed by atoms with Crippen LogP contribution in [0.3, 0.4) is 0 Å². The third-order valence-corrected chi connectivity index (χ3v) is 6.27. The summed E-state index contributed by atoms with van der Waals surface area (Å²) < 4.78 is 2.42. The SMILES string of the molecule is Cc1ccc(CN2CC3Cn4c(-c5cccnc5)cnc4C3C2)s1. The standard InChI is InChI=1S/C19H20N4S/c1-13-4-5-16(24-13)11-22-9-15-10-23-18(14-3-2-6-20-7-14)8-21-19(23)17(15)12-22/h2-8,15,17H,9-12H2,1H3. The molecule has 0 radical (unpaired) electrons. The molecule has 5 heteroatoms.